The minimum atomic E-state index is -0.351. The van der Waals surface area contributed by atoms with Crippen LogP contribution in [0.4, 0.5) is 16.5 Å². The van der Waals surface area contributed by atoms with Gasteiger partial charge in [0, 0.05) is 48.3 Å². The van der Waals surface area contributed by atoms with Crippen molar-refractivity contribution >= 4 is 191 Å². The highest BCUT2D eigenvalue weighted by atomic mass is 79.9. The van der Waals surface area contributed by atoms with E-state index in [0.29, 0.717) is 61.4 Å². The normalized spacial score (nSPS) is 9.95. The molecule has 312 valence electrons. The number of hydrogen-bond donors (Lipinski definition) is 4. The summed E-state index contributed by atoms with van der Waals surface area (Å²) in [6, 6.07) is 24.3. The number of aromatic nitrogens is 6. The second kappa shape index (κ2) is 25.1. The number of nitrogens with two attached hydrogens (primary N) is 2. The smallest absolute Gasteiger partial charge is 0.288 e. The summed E-state index contributed by atoms with van der Waals surface area (Å²) < 4.78 is 4.78. The van der Waals surface area contributed by atoms with Crippen LogP contribution in [0.15, 0.2) is 123 Å². The van der Waals surface area contributed by atoms with Gasteiger partial charge in [-0.15, -0.1) is 4.36 Å². The third-order valence-electron chi connectivity index (χ3n) is 6.67. The minimum absolute atomic E-state index is 0.170. The van der Waals surface area contributed by atoms with Crippen LogP contribution in [-0.2, 0) is 12.4 Å². The van der Waals surface area contributed by atoms with E-state index in [0.717, 1.165) is 20.7 Å². The monoisotopic (exact) mass is 1110 g/mol. The number of rotatable bonds is 3. The van der Waals surface area contributed by atoms with Crippen LogP contribution in [0.3, 0.4) is 0 Å². The average Bonchev–Trinajstić information content (AvgIpc) is 3.81. The van der Waals surface area contributed by atoms with Crippen LogP contribution >= 0.6 is 125 Å². The van der Waals surface area contributed by atoms with E-state index in [1.807, 2.05) is 12.1 Å². The van der Waals surface area contributed by atoms with Gasteiger partial charge in [0.25, 0.3) is 11.8 Å². The Morgan fingerprint density at radius 2 is 1.15 bits per heavy atom. The number of carbonyl (C=O) groups excluding carboxylic acids is 2. The number of amides is 2. The van der Waals surface area contributed by atoms with Crippen molar-refractivity contribution in [2.75, 3.05) is 16.8 Å². The highest BCUT2D eigenvalue weighted by molar-refractivity contribution is 9.10. The molecule has 0 saturated heterocycles. The second-order valence-electron chi connectivity index (χ2n) is 11.0. The molecule has 0 fully saturated rings. The zero-order valence-corrected chi connectivity index (χ0v) is 40.5. The quantitative estimate of drug-likeness (QED) is 0.0963. The Bertz CT molecular complexity index is 2700. The van der Waals surface area contributed by atoms with Gasteiger partial charge in [-0.05, 0) is 92.6 Å². The molecule has 2 aromatic carbocycles. The van der Waals surface area contributed by atoms with Gasteiger partial charge < -0.3 is 16.8 Å². The van der Waals surface area contributed by atoms with Crippen LogP contribution in [0.2, 0.25) is 24.6 Å². The third kappa shape index (κ3) is 16.9. The number of nitrogens with zero attached hydrogens (tertiary/aromatic N) is 7. The van der Waals surface area contributed by atoms with Gasteiger partial charge in [0.15, 0.2) is 14.7 Å². The fraction of sp³-hybridized carbons (Fsp3) is 0. The van der Waals surface area contributed by atoms with Gasteiger partial charge in [-0.3, -0.25) is 14.9 Å². The van der Waals surface area contributed by atoms with Crippen LogP contribution < -0.4 is 22.1 Å². The molecule has 6 heterocycles. The summed E-state index contributed by atoms with van der Waals surface area (Å²) in [7, 11) is 0. The van der Waals surface area contributed by atoms with Crippen molar-refractivity contribution in [2.45, 2.75) is 0 Å². The molecule has 0 aliphatic rings. The molecular formula is C37H24Br2Cl5N11O2S4. The molecule has 61 heavy (non-hydrogen) atoms. The second-order valence-corrected chi connectivity index (χ2v) is 17.4. The van der Waals surface area contributed by atoms with Gasteiger partial charge in [0.05, 0.1) is 31.5 Å². The molecule has 6 N–H and O–H groups in total. The summed E-state index contributed by atoms with van der Waals surface area (Å²) in [6.07, 6.45) is 6.20. The summed E-state index contributed by atoms with van der Waals surface area (Å²) in [4.78, 5) is 48.3. The lowest BCUT2D eigenvalue weighted by atomic mass is 10.2. The van der Waals surface area contributed by atoms with E-state index in [1.165, 1.54) is 35.1 Å². The number of nitrogen functional groups attached to an aromatic ring is 2. The first-order chi connectivity index (χ1) is 29.1. The van der Waals surface area contributed by atoms with Crippen molar-refractivity contribution in [3.8, 4) is 0 Å². The highest BCUT2D eigenvalue weighted by Gasteiger charge is 2.10. The molecular weight excluding hydrogens is 1100 g/mol. The fourth-order valence-corrected chi connectivity index (χ4v) is 7.14. The Kier molecular flexibility index (Phi) is 20.4. The summed E-state index contributed by atoms with van der Waals surface area (Å²) in [6.45, 7) is 0. The number of fused-ring (bicyclic) bond motifs is 2. The van der Waals surface area contributed by atoms with Crippen molar-refractivity contribution in [3.63, 3.8) is 0 Å². The van der Waals surface area contributed by atoms with E-state index in [-0.39, 0.29) is 16.9 Å². The summed E-state index contributed by atoms with van der Waals surface area (Å²) >= 11 is 46.9. The Labute approximate surface area is 408 Å². The molecule has 13 nitrogen and oxygen atoms in total. The molecule has 2 amide bonds. The number of pyridine rings is 4. The lowest BCUT2D eigenvalue weighted by molar-refractivity contribution is 0.0975. The maximum Gasteiger partial charge on any atom is 0.288 e. The van der Waals surface area contributed by atoms with Gasteiger partial charge in [-0.2, -0.15) is 0 Å². The highest BCUT2D eigenvalue weighted by Crippen LogP contribution is 2.26. The number of benzene rings is 2. The van der Waals surface area contributed by atoms with E-state index in [2.05, 4.69) is 89.2 Å². The van der Waals surface area contributed by atoms with E-state index in [1.54, 1.807) is 85.2 Å². The Hall–Kier alpha value is -4.12. The van der Waals surface area contributed by atoms with Crippen molar-refractivity contribution in [3.05, 3.63) is 155 Å². The molecule has 0 atom stereocenters. The zero-order chi connectivity index (χ0) is 44.5. The summed E-state index contributed by atoms with van der Waals surface area (Å²) in [5.74, 6) is -0.634. The number of anilines is 3. The molecule has 6 aromatic heterocycles. The largest absolute Gasteiger partial charge is 0.396 e. The van der Waals surface area contributed by atoms with Crippen LogP contribution in [-0.4, -0.2) is 46.8 Å². The molecule has 0 saturated carbocycles. The predicted molar refractivity (Wildman–Crippen MR) is 263 cm³/mol. The standard InChI is InChI=1S/C13H9BrClN3OS.C7H5NOS.C6H2Cl2N2S.C6H4ClN3S.C5H4BrClN2/c14-11-10(6-9(15)7-16-11)17-13(20)18-12(19)8-4-2-1-3-5-8;9-7(8-10)6-4-2-1-3-5-6;2*7-3-1-4-5(9-2-3)11-6(8)10-4;6-5-4(8)1-3(7)2-9-5/h1-7H,(H2,17,18,19,20);1-5H;1-2H;1-2H,(H2,8,10);1-2H,8H2. The van der Waals surface area contributed by atoms with Crippen LogP contribution in [0.25, 0.3) is 20.7 Å². The first kappa shape index (κ1) is 49.5. The molecule has 8 aromatic rings. The van der Waals surface area contributed by atoms with Gasteiger partial charge in [0.2, 0.25) is 0 Å². The number of carbonyl (C=O) groups is 2. The van der Waals surface area contributed by atoms with Crippen LogP contribution in [0.1, 0.15) is 20.7 Å². The maximum absolute atomic E-state index is 11.9. The maximum atomic E-state index is 11.9. The number of thiocarbonyl (C=S) groups is 1. The topological polar surface area (TPSA) is 200 Å². The Morgan fingerprint density at radius 1 is 0.656 bits per heavy atom. The summed E-state index contributed by atoms with van der Waals surface area (Å²) in [5, 5.41) is 8.32. The van der Waals surface area contributed by atoms with E-state index >= 15 is 0 Å². The van der Waals surface area contributed by atoms with Gasteiger partial charge in [-0.25, -0.2) is 29.9 Å². The van der Waals surface area contributed by atoms with E-state index < -0.39 is 0 Å². The van der Waals surface area contributed by atoms with Gasteiger partial charge >= 0.3 is 0 Å². The van der Waals surface area contributed by atoms with E-state index in [4.69, 9.17) is 81.7 Å². The van der Waals surface area contributed by atoms with Crippen molar-refractivity contribution in [2.24, 2.45) is 4.36 Å². The zero-order valence-electron chi connectivity index (χ0n) is 30.3. The predicted octanol–water partition coefficient (Wildman–Crippen LogP) is 12.2. The van der Waals surface area contributed by atoms with E-state index in [9.17, 15) is 9.59 Å². The summed E-state index contributed by atoms with van der Waals surface area (Å²) in [5.41, 5.74) is 14.6. The van der Waals surface area contributed by atoms with Gasteiger partial charge in [0.1, 0.15) is 29.9 Å². The number of nitrogens with one attached hydrogen (secondary N) is 2. The Balaban J connectivity index is 0.000000174. The van der Waals surface area contributed by atoms with Gasteiger partial charge in [-0.1, -0.05) is 117 Å². The fourth-order valence-electron chi connectivity index (χ4n) is 4.09. The SMILES string of the molecule is Clc1cnc2sc(Cl)nc2c1.Nc1cc(Cl)cnc1Br.Nc1nc2cc(Cl)cnc2s1.O=C(N=S)c1ccccc1.O=C(NC(=S)Nc1cc(Cl)cnc1Br)c1ccccc1. The molecule has 8 rings (SSSR count). The molecule has 0 aliphatic heterocycles. The number of halogens is 7. The van der Waals surface area contributed by atoms with Crippen molar-refractivity contribution < 1.29 is 9.59 Å². The molecule has 0 radical (unpaired) electrons. The minimum Gasteiger partial charge on any atom is -0.396 e. The third-order valence-corrected chi connectivity index (χ3v) is 11.1. The molecule has 0 aliphatic carbocycles. The first-order valence-corrected chi connectivity index (χ1v) is 22.2. The van der Waals surface area contributed by atoms with Crippen LogP contribution in [0.5, 0.6) is 0 Å². The average molecular weight is 1120 g/mol. The first-order valence-electron chi connectivity index (χ1n) is 16.3. The number of hydrogen-bond acceptors (Lipinski definition) is 14. The lowest BCUT2D eigenvalue weighted by Crippen LogP contribution is -2.34. The lowest BCUT2D eigenvalue weighted by Gasteiger charge is -2.10. The number of thiazole rings is 2. The molecule has 0 unspecified atom stereocenters. The van der Waals surface area contributed by atoms with Crippen LogP contribution in [0, 0.1) is 0 Å². The Morgan fingerprint density at radius 3 is 1.70 bits per heavy atom. The molecule has 0 spiro atoms. The molecule has 24 heteroatoms. The molecule has 0 bridgehead atoms. The van der Waals surface area contributed by atoms with Crippen molar-refractivity contribution in [1.82, 2.24) is 35.2 Å². The van der Waals surface area contributed by atoms with Crippen molar-refractivity contribution in [1.29, 1.82) is 0 Å².